The van der Waals surface area contributed by atoms with Crippen molar-refractivity contribution in [1.29, 1.82) is 0 Å². The summed E-state index contributed by atoms with van der Waals surface area (Å²) in [6.07, 6.45) is 2.19. The molecule has 1 aromatic heterocycles. The van der Waals surface area contributed by atoms with Gasteiger partial charge in [-0.15, -0.1) is 0 Å². The van der Waals surface area contributed by atoms with Crippen LogP contribution in [0.2, 0.25) is 0 Å². The van der Waals surface area contributed by atoms with Crippen molar-refractivity contribution >= 4 is 17.4 Å². The number of aliphatic hydroxyl groups excluding tert-OH is 1. The fourth-order valence-electron chi connectivity index (χ4n) is 5.39. The Bertz CT molecular complexity index is 1410. The van der Waals surface area contributed by atoms with Gasteiger partial charge >= 0.3 is 0 Å². The van der Waals surface area contributed by atoms with Crippen LogP contribution < -0.4 is 9.47 Å². The van der Waals surface area contributed by atoms with Gasteiger partial charge in [0.2, 0.25) is 0 Å². The molecule has 2 aliphatic heterocycles. The molecule has 210 valence electrons. The molecule has 3 aromatic rings. The fraction of sp³-hybridized carbons (Fsp3) is 0.367. The fourth-order valence-corrected chi connectivity index (χ4v) is 5.39. The lowest BCUT2D eigenvalue weighted by atomic mass is 9.95. The molecular formula is C30H34N4O6. The second kappa shape index (κ2) is 11.9. The molecule has 3 heterocycles. The van der Waals surface area contributed by atoms with Crippen molar-refractivity contribution in [2.24, 2.45) is 0 Å². The number of aliphatic hydroxyl groups is 1. The lowest BCUT2D eigenvalue weighted by Crippen LogP contribution is -2.39. The molecule has 40 heavy (non-hydrogen) atoms. The first-order valence-electron chi connectivity index (χ1n) is 13.4. The van der Waals surface area contributed by atoms with Crippen LogP contribution in [0.25, 0.3) is 11.4 Å². The van der Waals surface area contributed by atoms with Crippen molar-refractivity contribution < 1.29 is 28.9 Å². The van der Waals surface area contributed by atoms with E-state index in [4.69, 9.17) is 14.2 Å². The molecule has 1 atom stereocenters. The van der Waals surface area contributed by atoms with Crippen molar-refractivity contribution in [2.75, 3.05) is 53.6 Å². The van der Waals surface area contributed by atoms with Crippen LogP contribution in [-0.2, 0) is 14.3 Å². The average molecular weight is 547 g/mol. The normalized spacial score (nSPS) is 19.3. The number of hydrogen-bond acceptors (Lipinski definition) is 8. The Kier molecular flexibility index (Phi) is 8.18. The number of morpholine rings is 1. The number of carbonyl (C=O) groups is 2. The summed E-state index contributed by atoms with van der Waals surface area (Å²) in [5, 5.41) is 16.1. The summed E-state index contributed by atoms with van der Waals surface area (Å²) >= 11 is 0. The molecule has 10 heteroatoms. The molecule has 2 aromatic carbocycles. The summed E-state index contributed by atoms with van der Waals surface area (Å²) in [5.74, 6) is -0.636. The predicted molar refractivity (Wildman–Crippen MR) is 149 cm³/mol. The third-order valence-electron chi connectivity index (χ3n) is 7.51. The summed E-state index contributed by atoms with van der Waals surface area (Å²) in [6, 6.07) is 14.0. The van der Waals surface area contributed by atoms with E-state index in [0.29, 0.717) is 54.5 Å². The number of carbonyl (C=O) groups excluding carboxylic acids is 2. The van der Waals surface area contributed by atoms with E-state index < -0.39 is 17.7 Å². The van der Waals surface area contributed by atoms with Crippen molar-refractivity contribution in [3.8, 4) is 17.2 Å². The Balaban J connectivity index is 1.55. The quantitative estimate of drug-likeness (QED) is 0.248. The first kappa shape index (κ1) is 27.4. The van der Waals surface area contributed by atoms with E-state index in [1.54, 1.807) is 34.9 Å². The number of para-hydroxylation sites is 1. The molecule has 10 nitrogen and oxygen atoms in total. The molecule has 0 saturated carbocycles. The van der Waals surface area contributed by atoms with Crippen LogP contribution in [0.15, 0.2) is 60.3 Å². The number of nitrogens with zero attached hydrogens (tertiary/aromatic N) is 4. The van der Waals surface area contributed by atoms with Crippen LogP contribution in [0, 0.1) is 6.92 Å². The number of aromatic nitrogens is 2. The monoisotopic (exact) mass is 546 g/mol. The van der Waals surface area contributed by atoms with Crippen LogP contribution >= 0.6 is 0 Å². The van der Waals surface area contributed by atoms with Crippen LogP contribution in [0.3, 0.4) is 0 Å². The van der Waals surface area contributed by atoms with Gasteiger partial charge in [0.15, 0.2) is 11.5 Å². The maximum atomic E-state index is 13.5. The van der Waals surface area contributed by atoms with Crippen LogP contribution in [-0.4, -0.2) is 90.0 Å². The second-order valence-corrected chi connectivity index (χ2v) is 9.81. The van der Waals surface area contributed by atoms with E-state index in [2.05, 4.69) is 10.00 Å². The number of hydrogen-bond donors (Lipinski definition) is 1. The van der Waals surface area contributed by atoms with E-state index >= 15 is 0 Å². The number of methoxy groups -OCH3 is 2. The van der Waals surface area contributed by atoms with Gasteiger partial charge in [-0.1, -0.05) is 24.3 Å². The van der Waals surface area contributed by atoms with Crippen molar-refractivity contribution in [2.45, 2.75) is 19.4 Å². The summed E-state index contributed by atoms with van der Waals surface area (Å²) in [4.78, 5) is 30.8. The van der Waals surface area contributed by atoms with Crippen molar-refractivity contribution in [3.63, 3.8) is 0 Å². The summed E-state index contributed by atoms with van der Waals surface area (Å²) in [5.41, 5.74) is 2.52. The molecule has 5 rings (SSSR count). The second-order valence-electron chi connectivity index (χ2n) is 9.81. The first-order valence-corrected chi connectivity index (χ1v) is 13.4. The zero-order chi connectivity index (χ0) is 28.2. The highest BCUT2D eigenvalue weighted by Crippen LogP contribution is 2.42. The summed E-state index contributed by atoms with van der Waals surface area (Å²) in [7, 11) is 3.07. The first-order chi connectivity index (χ1) is 19.4. The Morgan fingerprint density at radius 3 is 2.45 bits per heavy atom. The smallest absolute Gasteiger partial charge is 0.295 e. The van der Waals surface area contributed by atoms with Gasteiger partial charge in [-0.2, -0.15) is 5.10 Å². The maximum Gasteiger partial charge on any atom is 0.295 e. The van der Waals surface area contributed by atoms with Gasteiger partial charge in [-0.05, 0) is 43.2 Å². The average Bonchev–Trinajstić information content (AvgIpc) is 3.50. The minimum Gasteiger partial charge on any atom is -0.507 e. The Labute approximate surface area is 233 Å². The molecule has 1 N–H and O–H groups in total. The largest absolute Gasteiger partial charge is 0.507 e. The van der Waals surface area contributed by atoms with E-state index in [-0.39, 0.29) is 11.3 Å². The van der Waals surface area contributed by atoms with Gasteiger partial charge in [0.05, 0.1) is 62.2 Å². The molecule has 2 aliphatic rings. The third-order valence-corrected chi connectivity index (χ3v) is 7.51. The van der Waals surface area contributed by atoms with Crippen LogP contribution in [0.4, 0.5) is 0 Å². The number of Topliss-reactive ketones (excluding diaryl/α,β-unsaturated/α-hetero) is 1. The number of benzene rings is 2. The Morgan fingerprint density at radius 1 is 1.02 bits per heavy atom. The van der Waals surface area contributed by atoms with Gasteiger partial charge in [-0.3, -0.25) is 14.5 Å². The number of likely N-dealkylation sites (tertiary alicyclic amines) is 1. The van der Waals surface area contributed by atoms with E-state index in [1.807, 2.05) is 37.3 Å². The minimum absolute atomic E-state index is 0.0271. The SMILES string of the molecule is COc1ccc(C2/C(=C(\O)c3cnn(-c4ccccc4)c3C)C(=O)C(=O)N2CCCN2CCOCC2)cc1OC. The maximum absolute atomic E-state index is 13.5. The molecular weight excluding hydrogens is 512 g/mol. The van der Waals surface area contributed by atoms with E-state index in [1.165, 1.54) is 13.3 Å². The lowest BCUT2D eigenvalue weighted by molar-refractivity contribution is -0.140. The predicted octanol–water partition coefficient (Wildman–Crippen LogP) is 3.34. The van der Waals surface area contributed by atoms with Gasteiger partial charge in [0.25, 0.3) is 11.7 Å². The van der Waals surface area contributed by atoms with Gasteiger partial charge in [-0.25, -0.2) is 4.68 Å². The lowest BCUT2D eigenvalue weighted by Gasteiger charge is -2.29. The van der Waals surface area contributed by atoms with Crippen LogP contribution in [0.5, 0.6) is 11.5 Å². The van der Waals surface area contributed by atoms with E-state index in [0.717, 1.165) is 25.3 Å². The molecule has 0 spiro atoms. The van der Waals surface area contributed by atoms with Crippen LogP contribution in [0.1, 0.15) is 29.3 Å². The highest BCUT2D eigenvalue weighted by molar-refractivity contribution is 6.46. The Morgan fingerprint density at radius 2 is 1.75 bits per heavy atom. The molecule has 2 saturated heterocycles. The standard InChI is InChI=1S/C30H34N4O6/c1-20-23(19-31-34(20)22-8-5-4-6-9-22)28(35)26-27(21-10-11-24(38-2)25(18-21)39-3)33(30(37)29(26)36)13-7-12-32-14-16-40-17-15-32/h4-6,8-11,18-19,27,35H,7,12-17H2,1-3H3/b28-26+. The molecule has 1 amide bonds. The highest BCUT2D eigenvalue weighted by atomic mass is 16.5. The highest BCUT2D eigenvalue weighted by Gasteiger charge is 2.46. The van der Waals surface area contributed by atoms with E-state index in [9.17, 15) is 14.7 Å². The topological polar surface area (TPSA) is 106 Å². The summed E-state index contributed by atoms with van der Waals surface area (Å²) in [6.45, 7) is 5.98. The van der Waals surface area contributed by atoms with Gasteiger partial charge in [0.1, 0.15) is 5.76 Å². The molecule has 1 unspecified atom stereocenters. The molecule has 2 fully saturated rings. The van der Waals surface area contributed by atoms with Crippen molar-refractivity contribution in [1.82, 2.24) is 19.6 Å². The number of ketones is 1. The number of amides is 1. The Hall–Kier alpha value is -4.15. The summed E-state index contributed by atoms with van der Waals surface area (Å²) < 4.78 is 18.0. The van der Waals surface area contributed by atoms with Gasteiger partial charge in [0, 0.05) is 26.2 Å². The number of ether oxygens (including phenoxy) is 3. The molecule has 0 radical (unpaired) electrons. The third kappa shape index (κ3) is 5.20. The number of rotatable bonds is 9. The zero-order valence-electron chi connectivity index (χ0n) is 23.0. The van der Waals surface area contributed by atoms with Gasteiger partial charge < -0.3 is 24.2 Å². The minimum atomic E-state index is -0.802. The zero-order valence-corrected chi connectivity index (χ0v) is 23.0. The molecule has 0 aliphatic carbocycles. The molecule has 0 bridgehead atoms. The van der Waals surface area contributed by atoms with Crippen molar-refractivity contribution in [3.05, 3.63) is 77.1 Å².